The van der Waals surface area contributed by atoms with Crippen LogP contribution in [0.15, 0.2) is 18.3 Å². The normalized spacial score (nSPS) is 15.5. The number of nitrogens with zero attached hydrogens (tertiary/aromatic N) is 4. The molecule has 1 amide bonds. The number of fused-ring (bicyclic) bond motifs is 1. The second-order valence-electron chi connectivity index (χ2n) is 7.00. The molecule has 0 atom stereocenters. The molecule has 0 saturated heterocycles. The van der Waals surface area contributed by atoms with Crippen LogP contribution < -0.4 is 5.73 Å². The number of hydrogen-bond acceptors (Lipinski definition) is 5. The van der Waals surface area contributed by atoms with E-state index in [2.05, 4.69) is 10.1 Å². The maximum Gasteiger partial charge on any atom is 0.410 e. The van der Waals surface area contributed by atoms with Crippen molar-refractivity contribution >= 4 is 28.4 Å². The van der Waals surface area contributed by atoms with Gasteiger partial charge in [0.2, 0.25) is 0 Å². The number of ether oxygens (including phenoxy) is 1. The molecule has 1 aliphatic heterocycles. The van der Waals surface area contributed by atoms with Crippen molar-refractivity contribution in [3.63, 3.8) is 0 Å². The third-order valence-corrected chi connectivity index (χ3v) is 3.95. The Morgan fingerprint density at radius 1 is 1.38 bits per heavy atom. The second kappa shape index (κ2) is 5.81. The number of nitrogens with two attached hydrogens (primary N) is 1. The number of aryl methyl sites for hydroxylation is 1. The van der Waals surface area contributed by atoms with Crippen molar-refractivity contribution in [1.29, 1.82) is 0 Å². The van der Waals surface area contributed by atoms with Gasteiger partial charge >= 0.3 is 6.09 Å². The van der Waals surface area contributed by atoms with Gasteiger partial charge < -0.3 is 15.4 Å². The number of carbonyl (C=O) groups excluding carboxylic acids is 1. The molecule has 2 aromatic heterocycles. The van der Waals surface area contributed by atoms with E-state index in [4.69, 9.17) is 10.5 Å². The lowest BCUT2D eigenvalue weighted by atomic mass is 10.0. The van der Waals surface area contributed by atoms with Crippen molar-refractivity contribution in [2.45, 2.75) is 32.8 Å². The molecule has 24 heavy (non-hydrogen) atoms. The van der Waals surface area contributed by atoms with E-state index < -0.39 is 5.60 Å². The molecular weight excluding hydrogens is 306 g/mol. The fourth-order valence-electron chi connectivity index (χ4n) is 2.75. The van der Waals surface area contributed by atoms with Crippen LogP contribution in [0, 0.1) is 0 Å². The molecule has 0 saturated carbocycles. The topological polar surface area (TPSA) is 86.3 Å². The highest BCUT2D eigenvalue weighted by molar-refractivity contribution is 5.90. The molecule has 1 aliphatic rings. The van der Waals surface area contributed by atoms with Gasteiger partial charge in [-0.15, -0.1) is 0 Å². The van der Waals surface area contributed by atoms with Gasteiger partial charge in [0.25, 0.3) is 0 Å². The fourth-order valence-corrected chi connectivity index (χ4v) is 2.75. The first kappa shape index (κ1) is 16.3. The van der Waals surface area contributed by atoms with E-state index in [0.29, 0.717) is 18.9 Å². The highest BCUT2D eigenvalue weighted by Gasteiger charge is 2.24. The van der Waals surface area contributed by atoms with Gasteiger partial charge in [-0.3, -0.25) is 9.67 Å². The first-order valence-corrected chi connectivity index (χ1v) is 8.00. The van der Waals surface area contributed by atoms with E-state index in [1.165, 1.54) is 0 Å². The van der Waals surface area contributed by atoms with E-state index in [1.54, 1.807) is 15.8 Å². The van der Waals surface area contributed by atoms with Crippen LogP contribution in [-0.4, -0.2) is 44.4 Å². The molecule has 0 aromatic carbocycles. The number of rotatable bonds is 1. The average molecular weight is 329 g/mol. The van der Waals surface area contributed by atoms with Gasteiger partial charge in [0, 0.05) is 26.3 Å². The largest absolute Gasteiger partial charge is 0.444 e. The van der Waals surface area contributed by atoms with Crippen LogP contribution in [0.1, 0.15) is 32.9 Å². The lowest BCUT2D eigenvalue weighted by Crippen LogP contribution is -2.39. The summed E-state index contributed by atoms with van der Waals surface area (Å²) in [6.07, 6.45) is 4.25. The van der Waals surface area contributed by atoms with Gasteiger partial charge in [0.05, 0.1) is 16.6 Å². The molecule has 3 rings (SSSR count). The zero-order valence-corrected chi connectivity index (χ0v) is 14.5. The predicted molar refractivity (Wildman–Crippen MR) is 93.3 cm³/mol. The quantitative estimate of drug-likeness (QED) is 0.869. The summed E-state index contributed by atoms with van der Waals surface area (Å²) in [7, 11) is 1.86. The van der Waals surface area contributed by atoms with Crippen molar-refractivity contribution in [3.8, 4) is 0 Å². The van der Waals surface area contributed by atoms with Crippen molar-refractivity contribution in [1.82, 2.24) is 19.7 Å². The van der Waals surface area contributed by atoms with Gasteiger partial charge in [-0.1, -0.05) is 6.08 Å². The zero-order chi connectivity index (χ0) is 17.5. The minimum atomic E-state index is -0.479. The van der Waals surface area contributed by atoms with Crippen LogP contribution in [0.2, 0.25) is 0 Å². The van der Waals surface area contributed by atoms with Gasteiger partial charge in [-0.25, -0.2) is 4.79 Å². The third kappa shape index (κ3) is 3.20. The third-order valence-electron chi connectivity index (χ3n) is 3.95. The molecule has 0 spiro atoms. The number of hydrogen-bond donors (Lipinski definition) is 1. The highest BCUT2D eigenvalue weighted by atomic mass is 16.6. The van der Waals surface area contributed by atoms with Gasteiger partial charge in [0.1, 0.15) is 5.60 Å². The summed E-state index contributed by atoms with van der Waals surface area (Å²) in [6, 6.07) is 1.99. The lowest BCUT2D eigenvalue weighted by Gasteiger charge is -2.29. The zero-order valence-electron chi connectivity index (χ0n) is 14.5. The van der Waals surface area contributed by atoms with Crippen LogP contribution >= 0.6 is 0 Å². The Kier molecular flexibility index (Phi) is 3.95. The number of pyridine rings is 1. The summed E-state index contributed by atoms with van der Waals surface area (Å²) in [6.45, 7) is 6.75. The van der Waals surface area contributed by atoms with Crippen molar-refractivity contribution in [2.75, 3.05) is 18.8 Å². The average Bonchev–Trinajstić information content (AvgIpc) is 2.80. The van der Waals surface area contributed by atoms with E-state index >= 15 is 0 Å². The summed E-state index contributed by atoms with van der Waals surface area (Å²) in [5, 5.41) is 5.07. The molecule has 0 fully saturated rings. The summed E-state index contributed by atoms with van der Waals surface area (Å²) in [5.41, 5.74) is 8.35. The van der Waals surface area contributed by atoms with Crippen molar-refractivity contribution in [2.24, 2.45) is 7.05 Å². The van der Waals surface area contributed by atoms with Crippen LogP contribution in [0.5, 0.6) is 0 Å². The summed E-state index contributed by atoms with van der Waals surface area (Å²) >= 11 is 0. The molecule has 7 nitrogen and oxygen atoms in total. The molecule has 128 valence electrons. The van der Waals surface area contributed by atoms with E-state index in [1.807, 2.05) is 40.0 Å². The molecule has 7 heteroatoms. The Bertz CT molecular complexity index is 816. The van der Waals surface area contributed by atoms with Gasteiger partial charge in [-0.05, 0) is 38.8 Å². The monoisotopic (exact) mass is 329 g/mol. The Hall–Kier alpha value is -2.57. The summed E-state index contributed by atoms with van der Waals surface area (Å²) in [4.78, 5) is 18.3. The van der Waals surface area contributed by atoms with Crippen LogP contribution in [0.3, 0.4) is 0 Å². The minimum absolute atomic E-state index is 0.277. The second-order valence-corrected chi connectivity index (χ2v) is 7.00. The maximum atomic E-state index is 12.1. The SMILES string of the molecule is Cn1nc(N)c2cnc(C3=CCN(C(=O)OC(C)(C)C)CC3)cc21. The number of amides is 1. The maximum absolute atomic E-state index is 12.1. The smallest absolute Gasteiger partial charge is 0.410 e. The van der Waals surface area contributed by atoms with Gasteiger partial charge in [0.15, 0.2) is 5.82 Å². The summed E-state index contributed by atoms with van der Waals surface area (Å²) < 4.78 is 7.17. The molecule has 0 radical (unpaired) electrons. The van der Waals surface area contributed by atoms with Crippen molar-refractivity contribution < 1.29 is 9.53 Å². The van der Waals surface area contributed by atoms with Crippen molar-refractivity contribution in [3.05, 3.63) is 24.0 Å². The van der Waals surface area contributed by atoms with E-state index in [0.717, 1.165) is 28.6 Å². The Labute approximate surface area is 141 Å². The number of nitrogen functional groups attached to an aromatic ring is 1. The van der Waals surface area contributed by atoms with Crippen LogP contribution in [0.4, 0.5) is 10.6 Å². The fraction of sp³-hybridized carbons (Fsp3) is 0.471. The Morgan fingerprint density at radius 2 is 2.12 bits per heavy atom. The molecule has 0 unspecified atom stereocenters. The molecule has 2 aromatic rings. The number of aromatic nitrogens is 3. The van der Waals surface area contributed by atoms with Crippen LogP contribution in [0.25, 0.3) is 16.5 Å². The molecular formula is C17H23N5O2. The van der Waals surface area contributed by atoms with E-state index in [-0.39, 0.29) is 6.09 Å². The molecule has 3 heterocycles. The predicted octanol–water partition coefficient (Wildman–Crippen LogP) is 2.57. The van der Waals surface area contributed by atoms with E-state index in [9.17, 15) is 4.79 Å². The van der Waals surface area contributed by atoms with Gasteiger partial charge in [-0.2, -0.15) is 5.10 Å². The Balaban J connectivity index is 1.78. The highest BCUT2D eigenvalue weighted by Crippen LogP contribution is 2.26. The minimum Gasteiger partial charge on any atom is -0.444 e. The molecule has 2 N–H and O–H groups in total. The lowest BCUT2D eigenvalue weighted by molar-refractivity contribution is 0.0270. The molecule has 0 bridgehead atoms. The first-order valence-electron chi connectivity index (χ1n) is 8.00. The number of anilines is 1. The first-order chi connectivity index (χ1) is 11.2. The Morgan fingerprint density at radius 3 is 2.75 bits per heavy atom. The van der Waals surface area contributed by atoms with Crippen LogP contribution in [-0.2, 0) is 11.8 Å². The standard InChI is InChI=1S/C17H23N5O2/c1-17(2,3)24-16(23)22-7-5-11(6-8-22)13-9-14-12(10-19-13)15(18)20-21(14)4/h5,9-10H,6-8H2,1-4H3,(H2,18,20). The number of carbonyl (C=O) groups is 1. The molecule has 0 aliphatic carbocycles. The summed E-state index contributed by atoms with van der Waals surface area (Å²) in [5.74, 6) is 0.486.